The second-order valence-electron chi connectivity index (χ2n) is 9.78. The lowest BCUT2D eigenvalue weighted by atomic mass is 10.1. The Morgan fingerprint density at radius 1 is 0.795 bits per heavy atom. The van der Waals surface area contributed by atoms with Gasteiger partial charge < -0.3 is 20.9 Å². The lowest BCUT2D eigenvalue weighted by molar-refractivity contribution is -0.117. The number of hydrogen-bond acceptors (Lipinski definition) is 6. The maximum atomic E-state index is 13.1. The molecule has 2 aromatic heterocycles. The average molecular weight is 520 g/mol. The van der Waals surface area contributed by atoms with E-state index in [1.54, 1.807) is 17.3 Å². The summed E-state index contributed by atoms with van der Waals surface area (Å²) in [7, 11) is 0. The summed E-state index contributed by atoms with van der Waals surface area (Å²) in [6.07, 6.45) is 6.76. The fourth-order valence-electron chi connectivity index (χ4n) is 5.00. The predicted molar refractivity (Wildman–Crippen MR) is 153 cm³/mol. The Hall–Kier alpha value is -4.92. The molecule has 0 bridgehead atoms. The van der Waals surface area contributed by atoms with Crippen molar-refractivity contribution in [2.75, 3.05) is 40.5 Å². The Bertz CT molecular complexity index is 1490. The number of benzene rings is 2. The minimum absolute atomic E-state index is 0.0478. The molecule has 2 aliphatic rings. The van der Waals surface area contributed by atoms with Gasteiger partial charge in [0.25, 0.3) is 0 Å². The van der Waals surface area contributed by atoms with Crippen LogP contribution in [-0.2, 0) is 11.3 Å². The monoisotopic (exact) mass is 519 g/mol. The molecule has 3 N–H and O–H groups in total. The lowest BCUT2D eigenvalue weighted by Crippen LogP contribution is -2.31. The van der Waals surface area contributed by atoms with E-state index in [2.05, 4.69) is 15.3 Å². The molecule has 9 nitrogen and oxygen atoms in total. The van der Waals surface area contributed by atoms with Crippen molar-refractivity contribution in [3.63, 3.8) is 0 Å². The average Bonchev–Trinajstić information content (AvgIpc) is 3.55. The fourth-order valence-corrected chi connectivity index (χ4v) is 5.00. The summed E-state index contributed by atoms with van der Waals surface area (Å²) in [5.41, 5.74) is 12.0. The Labute approximate surface area is 226 Å². The first-order valence-electron chi connectivity index (χ1n) is 13.0. The van der Waals surface area contributed by atoms with Crippen LogP contribution in [0.15, 0.2) is 85.3 Å². The second kappa shape index (κ2) is 10.4. The van der Waals surface area contributed by atoms with Crippen LogP contribution in [0, 0.1) is 0 Å². The van der Waals surface area contributed by atoms with Gasteiger partial charge in [-0.25, -0.2) is 9.78 Å². The van der Waals surface area contributed by atoms with E-state index in [0.29, 0.717) is 37.6 Å². The maximum absolute atomic E-state index is 13.1. The van der Waals surface area contributed by atoms with Crippen molar-refractivity contribution in [3.8, 4) is 11.1 Å². The first-order valence-corrected chi connectivity index (χ1v) is 13.0. The molecule has 3 amide bonds. The standard InChI is InChI=1S/C30H29N7O2/c31-24-8-3-21(4-9-24)20-35-14-15-37(30(35)39)27-16-25(18-32-19-27)34-28-12-7-23(17-33-28)22-5-10-26(11-6-22)36-13-1-2-29(36)38/h3-12,16-19H,1-2,13-15,20,31H2,(H,33,34). The van der Waals surface area contributed by atoms with Gasteiger partial charge in [0.1, 0.15) is 5.82 Å². The molecule has 0 unspecified atom stereocenters. The zero-order valence-electron chi connectivity index (χ0n) is 21.5. The van der Waals surface area contributed by atoms with E-state index in [1.807, 2.05) is 82.7 Å². The van der Waals surface area contributed by atoms with E-state index < -0.39 is 0 Å². The molecular weight excluding hydrogens is 490 g/mol. The predicted octanol–water partition coefficient (Wildman–Crippen LogP) is 5.04. The molecule has 9 heteroatoms. The van der Waals surface area contributed by atoms with Crippen LogP contribution in [-0.4, -0.2) is 46.4 Å². The van der Waals surface area contributed by atoms with Crippen LogP contribution in [0.3, 0.4) is 0 Å². The largest absolute Gasteiger partial charge is 0.399 e. The van der Waals surface area contributed by atoms with Crippen molar-refractivity contribution >= 4 is 40.5 Å². The summed E-state index contributed by atoms with van der Waals surface area (Å²) in [5, 5.41) is 3.29. The lowest BCUT2D eigenvalue weighted by Gasteiger charge is -2.19. The van der Waals surface area contributed by atoms with Crippen LogP contribution >= 0.6 is 0 Å². The van der Waals surface area contributed by atoms with Crippen LogP contribution in [0.1, 0.15) is 18.4 Å². The molecule has 4 heterocycles. The first-order chi connectivity index (χ1) is 19.0. The van der Waals surface area contributed by atoms with Gasteiger partial charge in [0.2, 0.25) is 5.91 Å². The number of pyridine rings is 2. The third kappa shape index (κ3) is 5.24. The number of nitrogen functional groups attached to an aromatic ring is 1. The highest BCUT2D eigenvalue weighted by atomic mass is 16.2. The van der Waals surface area contributed by atoms with Gasteiger partial charge in [-0.3, -0.25) is 14.7 Å². The number of nitrogens with two attached hydrogens (primary N) is 1. The number of carbonyl (C=O) groups excluding carboxylic acids is 2. The number of anilines is 5. The Kier molecular flexibility index (Phi) is 6.54. The third-order valence-electron chi connectivity index (χ3n) is 7.11. The van der Waals surface area contributed by atoms with Crippen LogP contribution in [0.2, 0.25) is 0 Å². The molecule has 2 aromatic carbocycles. The highest BCUT2D eigenvalue weighted by Crippen LogP contribution is 2.28. The number of nitrogens with one attached hydrogen (secondary N) is 1. The highest BCUT2D eigenvalue weighted by Gasteiger charge is 2.30. The topological polar surface area (TPSA) is 108 Å². The van der Waals surface area contributed by atoms with Crippen molar-refractivity contribution < 1.29 is 9.59 Å². The third-order valence-corrected chi connectivity index (χ3v) is 7.11. The summed E-state index contributed by atoms with van der Waals surface area (Å²) in [5.74, 6) is 0.859. The van der Waals surface area contributed by atoms with Crippen LogP contribution in [0.4, 0.5) is 33.4 Å². The number of nitrogens with zero attached hydrogens (tertiary/aromatic N) is 5. The van der Waals surface area contributed by atoms with Gasteiger partial charge in [-0.05, 0) is 60.0 Å². The van der Waals surface area contributed by atoms with Crippen LogP contribution in [0.5, 0.6) is 0 Å². The smallest absolute Gasteiger partial charge is 0.324 e. The molecule has 4 aromatic rings. The molecule has 2 saturated heterocycles. The van der Waals surface area contributed by atoms with Crippen molar-refractivity contribution in [1.29, 1.82) is 0 Å². The zero-order valence-corrected chi connectivity index (χ0v) is 21.5. The molecule has 2 aliphatic heterocycles. The molecular formula is C30H29N7O2. The molecule has 6 rings (SSSR count). The fraction of sp³-hybridized carbons (Fsp3) is 0.200. The van der Waals surface area contributed by atoms with Gasteiger partial charge in [0.05, 0.1) is 23.8 Å². The summed E-state index contributed by atoms with van der Waals surface area (Å²) in [6.45, 7) is 2.55. The molecule has 0 atom stereocenters. The van der Waals surface area contributed by atoms with Gasteiger partial charge in [-0.2, -0.15) is 0 Å². The summed E-state index contributed by atoms with van der Waals surface area (Å²) < 4.78 is 0. The summed E-state index contributed by atoms with van der Waals surface area (Å²) in [6, 6.07) is 21.4. The van der Waals surface area contributed by atoms with Gasteiger partial charge in [0, 0.05) is 55.7 Å². The van der Waals surface area contributed by atoms with Crippen molar-refractivity contribution in [2.24, 2.45) is 0 Å². The first kappa shape index (κ1) is 24.4. The highest BCUT2D eigenvalue weighted by molar-refractivity contribution is 5.96. The number of amides is 3. The summed E-state index contributed by atoms with van der Waals surface area (Å²) >= 11 is 0. The quantitative estimate of drug-likeness (QED) is 0.331. The van der Waals surface area contributed by atoms with E-state index in [0.717, 1.165) is 46.7 Å². The molecule has 2 fully saturated rings. The SMILES string of the molecule is Nc1ccc(CN2CCN(c3cncc(Nc4ccc(-c5ccc(N6CCCC6=O)cc5)cn4)c3)C2=O)cc1. The van der Waals surface area contributed by atoms with E-state index >= 15 is 0 Å². The van der Waals surface area contributed by atoms with Crippen molar-refractivity contribution in [2.45, 2.75) is 19.4 Å². The minimum atomic E-state index is -0.0478. The normalized spacial score (nSPS) is 15.3. The second-order valence-corrected chi connectivity index (χ2v) is 9.78. The van der Waals surface area contributed by atoms with Gasteiger partial charge in [0.15, 0.2) is 0 Å². The molecule has 0 radical (unpaired) electrons. The molecule has 0 spiro atoms. The zero-order chi connectivity index (χ0) is 26.8. The van der Waals surface area contributed by atoms with Crippen LogP contribution in [0.25, 0.3) is 11.1 Å². The minimum Gasteiger partial charge on any atom is -0.399 e. The van der Waals surface area contributed by atoms with Gasteiger partial charge in [-0.15, -0.1) is 0 Å². The molecule has 39 heavy (non-hydrogen) atoms. The summed E-state index contributed by atoms with van der Waals surface area (Å²) in [4.78, 5) is 39.4. The number of urea groups is 1. The number of rotatable bonds is 7. The Morgan fingerprint density at radius 3 is 2.31 bits per heavy atom. The molecule has 196 valence electrons. The van der Waals surface area contributed by atoms with E-state index in [9.17, 15) is 9.59 Å². The van der Waals surface area contributed by atoms with E-state index in [4.69, 9.17) is 5.73 Å². The van der Waals surface area contributed by atoms with Crippen molar-refractivity contribution in [3.05, 3.63) is 90.9 Å². The maximum Gasteiger partial charge on any atom is 0.324 e. The number of hydrogen-bond donors (Lipinski definition) is 2. The molecule has 0 saturated carbocycles. The van der Waals surface area contributed by atoms with E-state index in [1.165, 1.54) is 0 Å². The van der Waals surface area contributed by atoms with E-state index in [-0.39, 0.29) is 11.9 Å². The van der Waals surface area contributed by atoms with Gasteiger partial charge >= 0.3 is 6.03 Å². The number of aromatic nitrogens is 2. The van der Waals surface area contributed by atoms with Crippen LogP contribution < -0.4 is 20.9 Å². The number of carbonyl (C=O) groups is 2. The van der Waals surface area contributed by atoms with Gasteiger partial charge in [-0.1, -0.05) is 24.3 Å². The van der Waals surface area contributed by atoms with Crippen molar-refractivity contribution in [1.82, 2.24) is 14.9 Å². The molecule has 0 aliphatic carbocycles. The Morgan fingerprint density at radius 2 is 1.59 bits per heavy atom. The Balaban J connectivity index is 1.10.